The minimum Gasteiger partial charge on any atom is -0.475 e. The van der Waals surface area contributed by atoms with Gasteiger partial charge in [0, 0.05) is 39.1 Å². The summed E-state index contributed by atoms with van der Waals surface area (Å²) in [6, 6.07) is 3.85. The lowest BCUT2D eigenvalue weighted by Crippen LogP contribution is -2.38. The predicted octanol–water partition coefficient (Wildman–Crippen LogP) is 2.90. The number of aromatic nitrogens is 1. The van der Waals surface area contributed by atoms with Crippen molar-refractivity contribution in [1.82, 2.24) is 15.6 Å². The van der Waals surface area contributed by atoms with Crippen LogP contribution < -0.4 is 15.4 Å². The van der Waals surface area contributed by atoms with Crippen LogP contribution >= 0.6 is 0 Å². The van der Waals surface area contributed by atoms with Crippen molar-refractivity contribution in [2.45, 2.75) is 58.1 Å². The van der Waals surface area contributed by atoms with Crippen LogP contribution in [0, 0.1) is 0 Å². The van der Waals surface area contributed by atoms with Crippen molar-refractivity contribution in [3.05, 3.63) is 23.9 Å². The van der Waals surface area contributed by atoms with E-state index >= 15 is 0 Å². The number of ether oxygens (including phenoxy) is 3. The fraction of sp³-hybridized carbons (Fsp3) is 0.714. The van der Waals surface area contributed by atoms with Gasteiger partial charge >= 0.3 is 0 Å². The van der Waals surface area contributed by atoms with Crippen molar-refractivity contribution in [3.8, 4) is 5.88 Å². The van der Waals surface area contributed by atoms with E-state index in [1.54, 1.807) is 13.3 Å². The number of guanidine groups is 1. The van der Waals surface area contributed by atoms with E-state index in [1.807, 2.05) is 12.1 Å². The van der Waals surface area contributed by atoms with Gasteiger partial charge in [-0.2, -0.15) is 0 Å². The highest BCUT2D eigenvalue weighted by atomic mass is 16.5. The lowest BCUT2D eigenvalue weighted by Gasteiger charge is -2.22. The average molecular weight is 393 g/mol. The Kier molecular flexibility index (Phi) is 11.4. The molecule has 1 fully saturated rings. The van der Waals surface area contributed by atoms with Gasteiger partial charge in [0.1, 0.15) is 6.61 Å². The van der Waals surface area contributed by atoms with Crippen LogP contribution in [0.1, 0.15) is 51.0 Å². The maximum absolute atomic E-state index is 5.97. The zero-order chi connectivity index (χ0) is 19.9. The number of methoxy groups -OCH3 is 1. The van der Waals surface area contributed by atoms with Crippen LogP contribution in [0.15, 0.2) is 23.3 Å². The van der Waals surface area contributed by atoms with Gasteiger partial charge in [-0.25, -0.2) is 9.98 Å². The van der Waals surface area contributed by atoms with E-state index < -0.39 is 0 Å². The van der Waals surface area contributed by atoms with E-state index in [4.69, 9.17) is 14.2 Å². The van der Waals surface area contributed by atoms with Gasteiger partial charge in [-0.15, -0.1) is 0 Å². The molecular formula is C21H36N4O3. The molecule has 0 aliphatic heterocycles. The van der Waals surface area contributed by atoms with Crippen molar-refractivity contribution in [1.29, 1.82) is 0 Å². The molecule has 7 heteroatoms. The largest absolute Gasteiger partial charge is 0.475 e. The van der Waals surface area contributed by atoms with Crippen LogP contribution in [-0.2, 0) is 16.0 Å². The van der Waals surface area contributed by atoms with Gasteiger partial charge in [-0.3, -0.25) is 0 Å². The molecule has 0 atom stereocenters. The lowest BCUT2D eigenvalue weighted by atomic mass is 9.98. The Morgan fingerprint density at radius 1 is 1.14 bits per heavy atom. The summed E-state index contributed by atoms with van der Waals surface area (Å²) in [4.78, 5) is 8.93. The van der Waals surface area contributed by atoms with Crippen molar-refractivity contribution in [3.63, 3.8) is 0 Å². The van der Waals surface area contributed by atoms with Crippen molar-refractivity contribution in [2.75, 3.05) is 40.0 Å². The van der Waals surface area contributed by atoms with Crippen molar-refractivity contribution in [2.24, 2.45) is 4.99 Å². The predicted molar refractivity (Wildman–Crippen MR) is 112 cm³/mol. The Hall–Kier alpha value is -1.86. The first kappa shape index (κ1) is 22.4. The molecule has 0 amide bonds. The maximum Gasteiger partial charge on any atom is 0.213 e. The van der Waals surface area contributed by atoms with Crippen molar-refractivity contribution < 1.29 is 14.2 Å². The number of pyridine rings is 1. The first-order valence-electron chi connectivity index (χ1n) is 10.5. The molecule has 28 heavy (non-hydrogen) atoms. The molecule has 1 aliphatic rings. The Labute approximate surface area is 169 Å². The molecule has 158 valence electrons. The van der Waals surface area contributed by atoms with Gasteiger partial charge in [0.05, 0.1) is 19.3 Å². The Morgan fingerprint density at radius 3 is 2.71 bits per heavy atom. The van der Waals surface area contributed by atoms with Crippen LogP contribution in [0.25, 0.3) is 0 Å². The second kappa shape index (κ2) is 14.2. The standard InChI is InChI=1S/C21H36N4O3/c1-3-22-21(23-12-7-13-27-19-8-5-4-6-9-19)25-17-18-10-11-20(24-16-18)28-15-14-26-2/h10-11,16,19H,3-9,12-15,17H2,1-2H3,(H2,22,23,25). The SMILES string of the molecule is CCNC(=NCc1ccc(OCCOC)nc1)NCCCOC1CCCCC1. The minimum atomic E-state index is 0.476. The third kappa shape index (κ3) is 9.37. The molecule has 0 saturated heterocycles. The fourth-order valence-corrected chi connectivity index (χ4v) is 3.09. The third-order valence-corrected chi connectivity index (χ3v) is 4.62. The summed E-state index contributed by atoms with van der Waals surface area (Å²) >= 11 is 0. The summed E-state index contributed by atoms with van der Waals surface area (Å²) in [5, 5.41) is 6.65. The summed E-state index contributed by atoms with van der Waals surface area (Å²) in [6.07, 6.45) is 9.70. The molecule has 1 saturated carbocycles. The molecule has 0 radical (unpaired) electrons. The summed E-state index contributed by atoms with van der Waals surface area (Å²) in [7, 11) is 1.65. The van der Waals surface area contributed by atoms with E-state index in [1.165, 1.54) is 32.1 Å². The number of aliphatic imine (C=N–C) groups is 1. The van der Waals surface area contributed by atoms with Gasteiger partial charge in [0.15, 0.2) is 5.96 Å². The topological polar surface area (TPSA) is 77.0 Å². The number of rotatable bonds is 12. The quantitative estimate of drug-likeness (QED) is 0.324. The lowest BCUT2D eigenvalue weighted by molar-refractivity contribution is 0.0277. The monoisotopic (exact) mass is 392 g/mol. The molecule has 1 aliphatic carbocycles. The molecule has 2 rings (SSSR count). The highest BCUT2D eigenvalue weighted by molar-refractivity contribution is 5.79. The molecule has 0 bridgehead atoms. The third-order valence-electron chi connectivity index (χ3n) is 4.62. The smallest absolute Gasteiger partial charge is 0.213 e. The summed E-state index contributed by atoms with van der Waals surface area (Å²) in [5.41, 5.74) is 1.04. The van der Waals surface area contributed by atoms with E-state index in [9.17, 15) is 0 Å². The highest BCUT2D eigenvalue weighted by Gasteiger charge is 2.12. The van der Waals surface area contributed by atoms with Gasteiger partial charge in [-0.05, 0) is 31.7 Å². The molecular weight excluding hydrogens is 356 g/mol. The van der Waals surface area contributed by atoms with E-state index in [0.717, 1.165) is 37.6 Å². The van der Waals surface area contributed by atoms with E-state index in [2.05, 4.69) is 27.5 Å². The normalized spacial score (nSPS) is 15.4. The van der Waals surface area contributed by atoms with Crippen LogP contribution in [0.5, 0.6) is 5.88 Å². The molecule has 1 aromatic rings. The molecule has 0 unspecified atom stereocenters. The zero-order valence-corrected chi connectivity index (χ0v) is 17.4. The van der Waals surface area contributed by atoms with Crippen LogP contribution in [-0.4, -0.2) is 57.1 Å². The van der Waals surface area contributed by atoms with Gasteiger partial charge in [-0.1, -0.05) is 25.3 Å². The second-order valence-corrected chi connectivity index (χ2v) is 6.95. The Morgan fingerprint density at radius 2 is 2.00 bits per heavy atom. The highest BCUT2D eigenvalue weighted by Crippen LogP contribution is 2.20. The minimum absolute atomic E-state index is 0.476. The van der Waals surface area contributed by atoms with Gasteiger partial charge in [0.25, 0.3) is 0 Å². The number of hydrogen-bond acceptors (Lipinski definition) is 5. The molecule has 0 aromatic carbocycles. The van der Waals surface area contributed by atoms with Crippen LogP contribution in [0.2, 0.25) is 0 Å². The Bertz CT molecular complexity index is 545. The number of nitrogens with zero attached hydrogens (tertiary/aromatic N) is 2. The van der Waals surface area contributed by atoms with Gasteiger partial charge < -0.3 is 24.8 Å². The van der Waals surface area contributed by atoms with Gasteiger partial charge in [0.2, 0.25) is 5.88 Å². The fourth-order valence-electron chi connectivity index (χ4n) is 3.09. The van der Waals surface area contributed by atoms with E-state index in [-0.39, 0.29) is 0 Å². The van der Waals surface area contributed by atoms with E-state index in [0.29, 0.717) is 31.7 Å². The first-order valence-corrected chi connectivity index (χ1v) is 10.5. The second-order valence-electron chi connectivity index (χ2n) is 6.95. The number of nitrogens with one attached hydrogen (secondary N) is 2. The molecule has 1 heterocycles. The molecule has 2 N–H and O–H groups in total. The average Bonchev–Trinajstić information content (AvgIpc) is 2.73. The molecule has 1 aromatic heterocycles. The molecule has 7 nitrogen and oxygen atoms in total. The Balaban J connectivity index is 1.67. The van der Waals surface area contributed by atoms with Crippen LogP contribution in [0.3, 0.4) is 0 Å². The molecule has 0 spiro atoms. The van der Waals surface area contributed by atoms with Crippen molar-refractivity contribution >= 4 is 5.96 Å². The first-order chi connectivity index (χ1) is 13.8. The summed E-state index contributed by atoms with van der Waals surface area (Å²) < 4.78 is 16.4. The maximum atomic E-state index is 5.97. The summed E-state index contributed by atoms with van der Waals surface area (Å²) in [6.45, 7) is 6.18. The summed E-state index contributed by atoms with van der Waals surface area (Å²) in [5.74, 6) is 1.42. The zero-order valence-electron chi connectivity index (χ0n) is 17.4. The number of hydrogen-bond donors (Lipinski definition) is 2. The van der Waals surface area contributed by atoms with Crippen LogP contribution in [0.4, 0.5) is 0 Å².